The van der Waals surface area contributed by atoms with Crippen molar-refractivity contribution < 1.29 is 4.39 Å². The molecule has 0 aromatic carbocycles. The van der Waals surface area contributed by atoms with Crippen molar-refractivity contribution in [1.82, 2.24) is 4.98 Å². The highest BCUT2D eigenvalue weighted by Gasteiger charge is 2.18. The monoisotopic (exact) mass is 204 g/mol. The second kappa shape index (κ2) is 3.93. The zero-order chi connectivity index (χ0) is 10.8. The van der Waals surface area contributed by atoms with Crippen LogP contribution in [0.4, 0.5) is 4.39 Å². The summed E-state index contributed by atoms with van der Waals surface area (Å²) in [6, 6.07) is 2.01. The maximum absolute atomic E-state index is 13.2. The van der Waals surface area contributed by atoms with Gasteiger partial charge in [-0.05, 0) is 25.8 Å². The highest BCUT2D eigenvalue weighted by Crippen LogP contribution is 2.21. The van der Waals surface area contributed by atoms with Gasteiger partial charge in [0.05, 0.1) is 6.04 Å². The molecule has 3 heteroatoms. The third-order valence-electron chi connectivity index (χ3n) is 2.72. The third-order valence-corrected chi connectivity index (χ3v) is 2.72. The molecule has 0 bridgehead atoms. The molecule has 0 saturated carbocycles. The van der Waals surface area contributed by atoms with Crippen LogP contribution in [0.3, 0.4) is 0 Å². The minimum absolute atomic E-state index is 0.190. The Kier molecular flexibility index (Phi) is 2.62. The Morgan fingerprint density at radius 3 is 3.07 bits per heavy atom. The lowest BCUT2D eigenvalue weighted by Crippen LogP contribution is -2.02. The van der Waals surface area contributed by atoms with Crippen molar-refractivity contribution in [3.05, 3.63) is 42.0 Å². The van der Waals surface area contributed by atoms with Gasteiger partial charge in [0.2, 0.25) is 5.95 Å². The van der Waals surface area contributed by atoms with Crippen molar-refractivity contribution >= 4 is 5.71 Å². The maximum Gasteiger partial charge on any atom is 0.216 e. The fourth-order valence-electron chi connectivity index (χ4n) is 1.81. The Hall–Kier alpha value is -1.51. The highest BCUT2D eigenvalue weighted by molar-refractivity contribution is 6.02. The van der Waals surface area contributed by atoms with Gasteiger partial charge >= 0.3 is 0 Å². The molecular weight excluding hydrogens is 191 g/mol. The van der Waals surface area contributed by atoms with Crippen molar-refractivity contribution in [1.29, 1.82) is 0 Å². The number of hydrogen-bond acceptors (Lipinski definition) is 2. The molecule has 78 valence electrons. The van der Waals surface area contributed by atoms with E-state index in [1.54, 1.807) is 6.92 Å². The smallest absolute Gasteiger partial charge is 0.216 e. The number of halogens is 1. The van der Waals surface area contributed by atoms with Gasteiger partial charge in [-0.1, -0.05) is 6.08 Å². The molecule has 0 radical (unpaired) electrons. The molecule has 1 aromatic rings. The second-order valence-corrected chi connectivity index (χ2v) is 3.69. The van der Waals surface area contributed by atoms with Crippen molar-refractivity contribution in [3.8, 4) is 0 Å². The van der Waals surface area contributed by atoms with Crippen molar-refractivity contribution in [2.45, 2.75) is 25.8 Å². The fourth-order valence-corrected chi connectivity index (χ4v) is 1.81. The topological polar surface area (TPSA) is 25.2 Å². The van der Waals surface area contributed by atoms with E-state index in [2.05, 4.69) is 16.6 Å². The van der Waals surface area contributed by atoms with Crippen LogP contribution in [0.15, 0.2) is 29.9 Å². The number of hydrogen-bond donors (Lipinski definition) is 0. The SMILES string of the molecule is C=CC1CCC(c2ccnc(F)c2C)=N1. The number of aromatic nitrogens is 1. The normalized spacial score (nSPS) is 20.1. The van der Waals surface area contributed by atoms with E-state index in [-0.39, 0.29) is 6.04 Å². The van der Waals surface area contributed by atoms with Crippen LogP contribution in [0.5, 0.6) is 0 Å². The van der Waals surface area contributed by atoms with Gasteiger partial charge < -0.3 is 0 Å². The molecule has 0 aliphatic carbocycles. The van der Waals surface area contributed by atoms with Gasteiger partial charge in [0.15, 0.2) is 0 Å². The van der Waals surface area contributed by atoms with Crippen molar-refractivity contribution in [2.24, 2.45) is 4.99 Å². The number of nitrogens with zero attached hydrogens (tertiary/aromatic N) is 2. The van der Waals surface area contributed by atoms with Crippen LogP contribution in [-0.2, 0) is 0 Å². The average Bonchev–Trinajstić information content (AvgIpc) is 2.70. The van der Waals surface area contributed by atoms with E-state index in [4.69, 9.17) is 0 Å². The lowest BCUT2D eigenvalue weighted by molar-refractivity contribution is 0.574. The van der Waals surface area contributed by atoms with Crippen LogP contribution in [0.2, 0.25) is 0 Å². The van der Waals surface area contributed by atoms with E-state index in [0.29, 0.717) is 5.56 Å². The van der Waals surface area contributed by atoms with E-state index in [1.807, 2.05) is 12.1 Å². The zero-order valence-electron chi connectivity index (χ0n) is 8.70. The molecule has 2 heterocycles. The first kappa shape index (κ1) is 10.0. The Labute approximate surface area is 88.6 Å². The molecular formula is C12H13FN2. The second-order valence-electron chi connectivity index (χ2n) is 3.69. The summed E-state index contributed by atoms with van der Waals surface area (Å²) in [6.07, 6.45) is 5.19. The lowest BCUT2D eigenvalue weighted by Gasteiger charge is -2.04. The van der Waals surface area contributed by atoms with E-state index < -0.39 is 5.95 Å². The molecule has 2 rings (SSSR count). The molecule has 0 N–H and O–H groups in total. The van der Waals surface area contributed by atoms with Crippen molar-refractivity contribution in [2.75, 3.05) is 0 Å². The minimum Gasteiger partial charge on any atom is -0.282 e. The van der Waals surface area contributed by atoms with Gasteiger partial charge in [0.25, 0.3) is 0 Å². The quantitative estimate of drug-likeness (QED) is 0.537. The summed E-state index contributed by atoms with van der Waals surface area (Å²) in [5, 5.41) is 0. The van der Waals surface area contributed by atoms with Gasteiger partial charge in [0.1, 0.15) is 0 Å². The number of pyridine rings is 1. The molecule has 1 unspecified atom stereocenters. The average molecular weight is 204 g/mol. The van der Waals surface area contributed by atoms with Crippen LogP contribution >= 0.6 is 0 Å². The summed E-state index contributed by atoms with van der Waals surface area (Å²) < 4.78 is 13.2. The first-order valence-corrected chi connectivity index (χ1v) is 5.03. The van der Waals surface area contributed by atoms with Crippen LogP contribution < -0.4 is 0 Å². The Bertz CT molecular complexity index is 424. The van der Waals surface area contributed by atoms with E-state index in [1.165, 1.54) is 6.20 Å². The lowest BCUT2D eigenvalue weighted by atomic mass is 10.0. The Morgan fingerprint density at radius 2 is 2.40 bits per heavy atom. The molecule has 0 spiro atoms. The largest absolute Gasteiger partial charge is 0.282 e. The van der Waals surface area contributed by atoms with E-state index in [0.717, 1.165) is 24.1 Å². The maximum atomic E-state index is 13.2. The van der Waals surface area contributed by atoms with Crippen LogP contribution in [0, 0.1) is 12.9 Å². The molecule has 0 saturated heterocycles. The molecule has 15 heavy (non-hydrogen) atoms. The van der Waals surface area contributed by atoms with E-state index >= 15 is 0 Å². The standard InChI is InChI=1S/C12H13FN2/c1-3-9-4-5-11(15-9)10-6-7-14-12(13)8(10)2/h3,6-7,9H,1,4-5H2,2H3. The summed E-state index contributed by atoms with van der Waals surface area (Å²) in [5.74, 6) is -0.405. The molecule has 1 aliphatic heterocycles. The third kappa shape index (κ3) is 1.82. The highest BCUT2D eigenvalue weighted by atomic mass is 19.1. The zero-order valence-corrected chi connectivity index (χ0v) is 8.70. The first-order valence-electron chi connectivity index (χ1n) is 5.03. The van der Waals surface area contributed by atoms with Crippen molar-refractivity contribution in [3.63, 3.8) is 0 Å². The van der Waals surface area contributed by atoms with Gasteiger partial charge in [-0.3, -0.25) is 4.99 Å². The predicted molar refractivity (Wildman–Crippen MR) is 58.7 cm³/mol. The summed E-state index contributed by atoms with van der Waals surface area (Å²) in [4.78, 5) is 8.09. The molecule has 2 nitrogen and oxygen atoms in total. The molecule has 1 atom stereocenters. The Balaban J connectivity index is 2.39. The minimum atomic E-state index is -0.405. The fraction of sp³-hybridized carbons (Fsp3) is 0.333. The number of rotatable bonds is 2. The van der Waals surface area contributed by atoms with Crippen LogP contribution in [-0.4, -0.2) is 16.7 Å². The van der Waals surface area contributed by atoms with Gasteiger partial charge in [-0.2, -0.15) is 4.39 Å². The summed E-state index contributed by atoms with van der Waals surface area (Å²) >= 11 is 0. The van der Waals surface area contributed by atoms with Crippen LogP contribution in [0.1, 0.15) is 24.0 Å². The summed E-state index contributed by atoms with van der Waals surface area (Å²) in [7, 11) is 0. The predicted octanol–water partition coefficient (Wildman–Crippen LogP) is 2.67. The van der Waals surface area contributed by atoms with Crippen LogP contribution in [0.25, 0.3) is 0 Å². The molecule has 1 aromatic heterocycles. The van der Waals surface area contributed by atoms with Gasteiger partial charge in [0, 0.05) is 23.0 Å². The first-order chi connectivity index (χ1) is 7.22. The molecule has 0 amide bonds. The van der Waals surface area contributed by atoms with Gasteiger partial charge in [-0.15, -0.1) is 6.58 Å². The molecule has 1 aliphatic rings. The Morgan fingerprint density at radius 1 is 1.60 bits per heavy atom. The van der Waals surface area contributed by atoms with Gasteiger partial charge in [-0.25, -0.2) is 4.98 Å². The summed E-state index contributed by atoms with van der Waals surface area (Å²) in [5.41, 5.74) is 2.44. The summed E-state index contributed by atoms with van der Waals surface area (Å²) in [6.45, 7) is 5.45. The molecule has 0 fully saturated rings. The van der Waals surface area contributed by atoms with E-state index in [9.17, 15) is 4.39 Å². The number of aliphatic imine (C=N–C) groups is 1.